The van der Waals surface area contributed by atoms with Crippen molar-refractivity contribution in [1.29, 1.82) is 0 Å². The van der Waals surface area contributed by atoms with Crippen LogP contribution in [-0.2, 0) is 0 Å². The number of aldehydes is 1. The van der Waals surface area contributed by atoms with Gasteiger partial charge in [0, 0.05) is 28.7 Å². The lowest BCUT2D eigenvalue weighted by Crippen LogP contribution is -1.99. The van der Waals surface area contributed by atoms with Gasteiger partial charge in [-0.2, -0.15) is 0 Å². The molecule has 0 bridgehead atoms. The third-order valence-corrected chi connectivity index (χ3v) is 2.69. The lowest BCUT2D eigenvalue weighted by Gasteiger charge is -2.09. The normalized spacial score (nSPS) is 10.4. The van der Waals surface area contributed by atoms with Crippen molar-refractivity contribution in [2.75, 3.05) is 0 Å². The van der Waals surface area contributed by atoms with Crippen molar-refractivity contribution in [3.8, 4) is 11.4 Å². The smallest absolute Gasteiger partial charge is 0.151 e. The number of hydrogen-bond donors (Lipinski definition) is 1. The maximum atomic E-state index is 10.8. The second kappa shape index (κ2) is 3.85. The second-order valence-corrected chi connectivity index (χ2v) is 3.80. The van der Waals surface area contributed by atoms with E-state index in [2.05, 4.69) is 0 Å². The molecule has 2 rings (SSSR count). The van der Waals surface area contributed by atoms with Gasteiger partial charge in [0.25, 0.3) is 0 Å². The topological polar surface area (TPSA) is 42.2 Å². The third kappa shape index (κ3) is 1.60. The second-order valence-electron chi connectivity index (χ2n) is 3.80. The van der Waals surface area contributed by atoms with E-state index >= 15 is 0 Å². The van der Waals surface area contributed by atoms with Crippen LogP contribution in [0, 0.1) is 13.8 Å². The zero-order valence-electron chi connectivity index (χ0n) is 9.27. The Kier molecular flexibility index (Phi) is 2.52. The molecule has 0 saturated carbocycles. The van der Waals surface area contributed by atoms with Crippen LogP contribution in [0.15, 0.2) is 30.3 Å². The summed E-state index contributed by atoms with van der Waals surface area (Å²) in [5.74, 6) is 0.220. The Morgan fingerprint density at radius 3 is 2.56 bits per heavy atom. The quantitative estimate of drug-likeness (QED) is 0.782. The van der Waals surface area contributed by atoms with Crippen molar-refractivity contribution in [3.63, 3.8) is 0 Å². The maximum Gasteiger partial charge on any atom is 0.151 e. The number of hydrogen-bond acceptors (Lipinski definition) is 2. The van der Waals surface area contributed by atoms with Crippen LogP contribution in [0.2, 0.25) is 0 Å². The molecule has 0 spiro atoms. The molecule has 0 aliphatic carbocycles. The minimum absolute atomic E-state index is 0.220. The van der Waals surface area contributed by atoms with Crippen molar-refractivity contribution < 1.29 is 9.90 Å². The molecule has 3 nitrogen and oxygen atoms in total. The van der Waals surface area contributed by atoms with Gasteiger partial charge >= 0.3 is 0 Å². The van der Waals surface area contributed by atoms with Crippen LogP contribution in [0.3, 0.4) is 0 Å². The highest BCUT2D eigenvalue weighted by atomic mass is 16.3. The number of benzene rings is 1. The Labute approximate surface area is 94.0 Å². The number of nitrogens with zero attached hydrogens (tertiary/aromatic N) is 1. The predicted molar refractivity (Wildman–Crippen MR) is 62.3 cm³/mol. The third-order valence-electron chi connectivity index (χ3n) is 2.69. The lowest BCUT2D eigenvalue weighted by molar-refractivity contribution is 0.112. The van der Waals surface area contributed by atoms with E-state index in [1.54, 1.807) is 18.2 Å². The first-order chi connectivity index (χ1) is 7.63. The van der Waals surface area contributed by atoms with Crippen molar-refractivity contribution >= 4 is 6.29 Å². The van der Waals surface area contributed by atoms with Crippen LogP contribution in [-0.4, -0.2) is 16.0 Å². The Balaban J connectivity index is 2.64. The molecule has 1 heterocycles. The van der Waals surface area contributed by atoms with E-state index in [4.69, 9.17) is 0 Å². The fourth-order valence-corrected chi connectivity index (χ4v) is 1.94. The zero-order valence-corrected chi connectivity index (χ0v) is 9.27. The first-order valence-corrected chi connectivity index (χ1v) is 5.07. The summed E-state index contributed by atoms with van der Waals surface area (Å²) in [5.41, 5.74) is 3.41. The van der Waals surface area contributed by atoms with E-state index in [-0.39, 0.29) is 5.75 Å². The Hall–Kier alpha value is -2.03. The van der Waals surface area contributed by atoms with E-state index in [1.807, 2.05) is 30.5 Å². The number of rotatable bonds is 2. The molecular formula is C13H13NO2. The van der Waals surface area contributed by atoms with E-state index in [9.17, 15) is 9.90 Å². The number of phenols is 1. The molecule has 3 heteroatoms. The minimum Gasteiger partial charge on any atom is -0.508 e. The lowest BCUT2D eigenvalue weighted by atomic mass is 10.2. The average Bonchev–Trinajstić information content (AvgIpc) is 2.53. The molecule has 0 unspecified atom stereocenters. The molecule has 0 aliphatic rings. The summed E-state index contributed by atoms with van der Waals surface area (Å²) in [6.07, 6.45) is 0.849. The van der Waals surface area contributed by atoms with E-state index < -0.39 is 0 Å². The number of carbonyl (C=O) groups is 1. The first kappa shape index (κ1) is 10.5. The molecule has 1 N–H and O–H groups in total. The number of aryl methyl sites for hydroxylation is 1. The maximum absolute atomic E-state index is 10.8. The van der Waals surface area contributed by atoms with Crippen LogP contribution in [0.1, 0.15) is 21.7 Å². The highest BCUT2D eigenvalue weighted by molar-refractivity contribution is 5.77. The molecule has 2 aromatic rings. The molecular weight excluding hydrogens is 202 g/mol. The molecule has 0 atom stereocenters. The van der Waals surface area contributed by atoms with Crippen molar-refractivity contribution in [2.45, 2.75) is 13.8 Å². The molecule has 1 aromatic carbocycles. The van der Waals surface area contributed by atoms with E-state index in [1.165, 1.54) is 0 Å². The summed E-state index contributed by atoms with van der Waals surface area (Å²) in [5, 5.41) is 9.44. The van der Waals surface area contributed by atoms with Crippen LogP contribution in [0.25, 0.3) is 5.69 Å². The van der Waals surface area contributed by atoms with Gasteiger partial charge in [-0.1, -0.05) is 6.07 Å². The Morgan fingerprint density at radius 2 is 2.00 bits per heavy atom. The summed E-state index contributed by atoms with van der Waals surface area (Å²) in [4.78, 5) is 10.8. The summed E-state index contributed by atoms with van der Waals surface area (Å²) in [7, 11) is 0. The highest BCUT2D eigenvalue weighted by Crippen LogP contribution is 2.22. The van der Waals surface area contributed by atoms with Gasteiger partial charge < -0.3 is 9.67 Å². The Morgan fingerprint density at radius 1 is 1.25 bits per heavy atom. The molecule has 0 aliphatic heterocycles. The van der Waals surface area contributed by atoms with E-state index in [0.717, 1.165) is 23.4 Å². The fourth-order valence-electron chi connectivity index (χ4n) is 1.94. The molecule has 0 saturated heterocycles. The summed E-state index contributed by atoms with van der Waals surface area (Å²) in [6.45, 7) is 3.82. The summed E-state index contributed by atoms with van der Waals surface area (Å²) in [6, 6.07) is 8.82. The first-order valence-electron chi connectivity index (χ1n) is 5.07. The standard InChI is InChI=1S/C13H13NO2/c1-9-6-11(8-15)10(2)14(9)12-4-3-5-13(16)7-12/h3-8,16H,1-2H3. The zero-order chi connectivity index (χ0) is 11.7. The van der Waals surface area contributed by atoms with Crippen molar-refractivity contribution in [1.82, 2.24) is 4.57 Å². The van der Waals surface area contributed by atoms with Gasteiger partial charge in [0.15, 0.2) is 6.29 Å². The molecule has 0 radical (unpaired) electrons. The average molecular weight is 215 g/mol. The van der Waals surface area contributed by atoms with E-state index in [0.29, 0.717) is 5.56 Å². The van der Waals surface area contributed by atoms with Gasteiger partial charge in [0.1, 0.15) is 5.75 Å². The van der Waals surface area contributed by atoms with Gasteiger partial charge in [-0.25, -0.2) is 0 Å². The van der Waals surface area contributed by atoms with Crippen LogP contribution in [0.4, 0.5) is 0 Å². The largest absolute Gasteiger partial charge is 0.508 e. The molecule has 0 amide bonds. The van der Waals surface area contributed by atoms with Crippen LogP contribution < -0.4 is 0 Å². The van der Waals surface area contributed by atoms with Gasteiger partial charge in [-0.15, -0.1) is 0 Å². The minimum atomic E-state index is 0.220. The van der Waals surface area contributed by atoms with Gasteiger partial charge in [0.05, 0.1) is 0 Å². The van der Waals surface area contributed by atoms with Gasteiger partial charge in [-0.3, -0.25) is 4.79 Å². The SMILES string of the molecule is Cc1cc(C=O)c(C)n1-c1cccc(O)c1. The molecule has 0 fully saturated rings. The monoisotopic (exact) mass is 215 g/mol. The van der Waals surface area contributed by atoms with Crippen molar-refractivity contribution in [2.24, 2.45) is 0 Å². The number of carbonyl (C=O) groups excluding carboxylic acids is 1. The molecule has 1 aromatic heterocycles. The van der Waals surface area contributed by atoms with Gasteiger partial charge in [-0.05, 0) is 32.0 Å². The molecule has 16 heavy (non-hydrogen) atoms. The number of phenolic OH excluding ortho intramolecular Hbond substituents is 1. The summed E-state index contributed by atoms with van der Waals surface area (Å²) < 4.78 is 1.95. The van der Waals surface area contributed by atoms with Crippen molar-refractivity contribution in [3.05, 3.63) is 47.3 Å². The van der Waals surface area contributed by atoms with Crippen LogP contribution >= 0.6 is 0 Å². The fraction of sp³-hybridized carbons (Fsp3) is 0.154. The van der Waals surface area contributed by atoms with Crippen LogP contribution in [0.5, 0.6) is 5.75 Å². The summed E-state index contributed by atoms with van der Waals surface area (Å²) >= 11 is 0. The Bertz CT molecular complexity index is 541. The number of aromatic nitrogens is 1. The highest BCUT2D eigenvalue weighted by Gasteiger charge is 2.09. The predicted octanol–water partition coefficient (Wildman–Crippen LogP) is 2.61. The number of aromatic hydroxyl groups is 1. The van der Waals surface area contributed by atoms with Gasteiger partial charge in [0.2, 0.25) is 0 Å². The molecule has 82 valence electrons.